The van der Waals surface area contributed by atoms with Gasteiger partial charge in [-0.25, -0.2) is 0 Å². The number of carbonyl (C=O) groups excluding carboxylic acids is 1. The van der Waals surface area contributed by atoms with Crippen LogP contribution < -0.4 is 9.47 Å². The van der Waals surface area contributed by atoms with E-state index >= 15 is 0 Å². The number of ether oxygens (including phenoxy) is 2. The number of amides is 1. The number of hydrogen-bond acceptors (Lipinski definition) is 4. The van der Waals surface area contributed by atoms with Gasteiger partial charge in [-0.2, -0.15) is 5.10 Å². The summed E-state index contributed by atoms with van der Waals surface area (Å²) in [6.45, 7) is 0.976. The number of nitrogens with zero attached hydrogens (tertiary/aromatic N) is 3. The van der Waals surface area contributed by atoms with E-state index in [0.717, 1.165) is 10.9 Å². The summed E-state index contributed by atoms with van der Waals surface area (Å²) in [6, 6.07) is 13.0. The first-order chi connectivity index (χ1) is 14.3. The van der Waals surface area contributed by atoms with Crippen LogP contribution in [-0.2, 0) is 7.05 Å². The monoisotopic (exact) mass is 419 g/mol. The molecule has 2 heterocycles. The third kappa shape index (κ3) is 4.34. The molecule has 0 N–H and O–H groups in total. The van der Waals surface area contributed by atoms with Crippen LogP contribution in [0.5, 0.6) is 11.5 Å². The summed E-state index contributed by atoms with van der Waals surface area (Å²) in [5.74, 6) is -0.111. The molecule has 1 saturated heterocycles. The summed E-state index contributed by atoms with van der Waals surface area (Å²) >= 11 is 0. The second-order valence-electron chi connectivity index (χ2n) is 7.12. The normalized spacial score (nSPS) is 15.4. The summed E-state index contributed by atoms with van der Waals surface area (Å²) in [6.07, 6.45) is -3.80. The lowest BCUT2D eigenvalue weighted by Crippen LogP contribution is -2.42. The number of aryl methyl sites for hydroxylation is 1. The molecule has 158 valence electrons. The first-order valence-electron chi connectivity index (χ1n) is 9.53. The Morgan fingerprint density at radius 2 is 1.77 bits per heavy atom. The molecular weight excluding hydrogens is 399 g/mol. The molecule has 30 heavy (non-hydrogen) atoms. The fourth-order valence-corrected chi connectivity index (χ4v) is 3.66. The number of rotatable bonds is 4. The van der Waals surface area contributed by atoms with Gasteiger partial charge in [-0.3, -0.25) is 9.48 Å². The van der Waals surface area contributed by atoms with E-state index in [1.807, 2.05) is 24.3 Å². The number of piperidine rings is 1. The minimum Gasteiger partial charge on any atom is -0.490 e. The Morgan fingerprint density at radius 3 is 2.50 bits per heavy atom. The van der Waals surface area contributed by atoms with Crippen molar-refractivity contribution in [3.63, 3.8) is 0 Å². The molecule has 6 nitrogen and oxygen atoms in total. The third-order valence-electron chi connectivity index (χ3n) is 5.01. The molecule has 0 spiro atoms. The maximum atomic E-state index is 13.0. The quantitative estimate of drug-likeness (QED) is 0.638. The number of benzene rings is 2. The van der Waals surface area contributed by atoms with Crippen LogP contribution in [0.2, 0.25) is 0 Å². The van der Waals surface area contributed by atoms with E-state index in [1.54, 1.807) is 22.7 Å². The molecule has 1 fully saturated rings. The van der Waals surface area contributed by atoms with Crippen molar-refractivity contribution in [2.75, 3.05) is 13.1 Å². The topological polar surface area (TPSA) is 56.6 Å². The van der Waals surface area contributed by atoms with E-state index in [1.165, 1.54) is 18.2 Å². The SMILES string of the molecule is Cn1nc2ccccc2c1C(=O)N1CCC(Oc2cccc(OC(F)(F)F)c2)CC1. The predicted molar refractivity (Wildman–Crippen MR) is 103 cm³/mol. The molecule has 0 aliphatic carbocycles. The van der Waals surface area contributed by atoms with Crippen LogP contribution in [0.4, 0.5) is 13.2 Å². The van der Waals surface area contributed by atoms with Crippen molar-refractivity contribution < 1.29 is 27.4 Å². The van der Waals surface area contributed by atoms with Gasteiger partial charge < -0.3 is 14.4 Å². The second kappa shape index (κ2) is 7.89. The number of aromatic nitrogens is 2. The zero-order valence-electron chi connectivity index (χ0n) is 16.2. The van der Waals surface area contributed by atoms with Crippen molar-refractivity contribution in [1.29, 1.82) is 0 Å². The lowest BCUT2D eigenvalue weighted by atomic mass is 10.1. The maximum Gasteiger partial charge on any atom is 0.573 e. The van der Waals surface area contributed by atoms with Crippen LogP contribution in [0.15, 0.2) is 48.5 Å². The van der Waals surface area contributed by atoms with E-state index < -0.39 is 6.36 Å². The molecule has 2 aromatic carbocycles. The first kappa shape index (κ1) is 20.1. The number of alkyl halides is 3. The van der Waals surface area contributed by atoms with Crippen LogP contribution in [0.25, 0.3) is 10.9 Å². The van der Waals surface area contributed by atoms with Gasteiger partial charge in [-0.05, 0) is 18.2 Å². The lowest BCUT2D eigenvalue weighted by Gasteiger charge is -2.32. The van der Waals surface area contributed by atoms with Crippen LogP contribution in [-0.4, -0.2) is 46.1 Å². The number of halogens is 3. The van der Waals surface area contributed by atoms with Crippen LogP contribution in [0, 0.1) is 0 Å². The molecule has 1 amide bonds. The third-order valence-corrected chi connectivity index (χ3v) is 5.01. The van der Waals surface area contributed by atoms with Crippen molar-refractivity contribution in [2.45, 2.75) is 25.3 Å². The molecule has 3 aromatic rings. The highest BCUT2D eigenvalue weighted by Gasteiger charge is 2.31. The highest BCUT2D eigenvalue weighted by Crippen LogP contribution is 2.28. The van der Waals surface area contributed by atoms with Crippen molar-refractivity contribution in [3.05, 3.63) is 54.2 Å². The molecule has 4 rings (SSSR count). The average molecular weight is 419 g/mol. The number of hydrogen-bond donors (Lipinski definition) is 0. The van der Waals surface area contributed by atoms with Gasteiger partial charge >= 0.3 is 6.36 Å². The molecule has 0 bridgehead atoms. The van der Waals surface area contributed by atoms with Gasteiger partial charge in [0.15, 0.2) is 0 Å². The summed E-state index contributed by atoms with van der Waals surface area (Å²) in [5.41, 5.74) is 1.31. The summed E-state index contributed by atoms with van der Waals surface area (Å²) in [7, 11) is 1.75. The van der Waals surface area contributed by atoms with Crippen molar-refractivity contribution >= 4 is 16.8 Å². The van der Waals surface area contributed by atoms with Gasteiger partial charge in [-0.1, -0.05) is 24.3 Å². The van der Waals surface area contributed by atoms with E-state index in [4.69, 9.17) is 4.74 Å². The molecule has 0 atom stereocenters. The maximum absolute atomic E-state index is 13.0. The first-order valence-corrected chi connectivity index (χ1v) is 9.53. The van der Waals surface area contributed by atoms with Crippen LogP contribution >= 0.6 is 0 Å². The molecule has 0 radical (unpaired) electrons. The Bertz CT molecular complexity index is 1060. The number of likely N-dealkylation sites (tertiary alicyclic amines) is 1. The fraction of sp³-hybridized carbons (Fsp3) is 0.333. The summed E-state index contributed by atoms with van der Waals surface area (Å²) in [4.78, 5) is 14.8. The molecule has 0 unspecified atom stereocenters. The van der Waals surface area contributed by atoms with Gasteiger partial charge in [-0.15, -0.1) is 13.2 Å². The largest absolute Gasteiger partial charge is 0.573 e. The lowest BCUT2D eigenvalue weighted by molar-refractivity contribution is -0.274. The van der Waals surface area contributed by atoms with Gasteiger partial charge in [0.1, 0.15) is 23.3 Å². The molecular formula is C21H20F3N3O3. The van der Waals surface area contributed by atoms with Gasteiger partial charge in [0.25, 0.3) is 5.91 Å². The Kier molecular flexibility index (Phi) is 5.27. The molecule has 1 aromatic heterocycles. The van der Waals surface area contributed by atoms with E-state index in [0.29, 0.717) is 37.4 Å². The minimum atomic E-state index is -4.75. The predicted octanol–water partition coefficient (Wildman–Crippen LogP) is 4.16. The Hall–Kier alpha value is -3.23. The summed E-state index contributed by atoms with van der Waals surface area (Å²) < 4.78 is 48.5. The Balaban J connectivity index is 1.39. The zero-order chi connectivity index (χ0) is 21.3. The zero-order valence-corrected chi connectivity index (χ0v) is 16.2. The van der Waals surface area contributed by atoms with E-state index in [9.17, 15) is 18.0 Å². The highest BCUT2D eigenvalue weighted by molar-refractivity contribution is 6.05. The molecule has 9 heteroatoms. The van der Waals surface area contributed by atoms with Gasteiger partial charge in [0.2, 0.25) is 0 Å². The van der Waals surface area contributed by atoms with Crippen LogP contribution in [0.1, 0.15) is 23.3 Å². The van der Waals surface area contributed by atoms with Crippen molar-refractivity contribution in [1.82, 2.24) is 14.7 Å². The van der Waals surface area contributed by atoms with Gasteiger partial charge in [0.05, 0.1) is 5.52 Å². The molecule has 1 aliphatic rings. The second-order valence-corrected chi connectivity index (χ2v) is 7.12. The summed E-state index contributed by atoms with van der Waals surface area (Å²) in [5, 5.41) is 5.20. The molecule has 1 aliphatic heterocycles. The van der Waals surface area contributed by atoms with E-state index in [-0.39, 0.29) is 17.8 Å². The van der Waals surface area contributed by atoms with Crippen LogP contribution in [0.3, 0.4) is 0 Å². The smallest absolute Gasteiger partial charge is 0.490 e. The number of fused-ring (bicyclic) bond motifs is 1. The standard InChI is InChI=1S/C21H20F3N3O3/c1-26-19(17-7-2-3-8-18(17)25-26)20(28)27-11-9-14(10-12-27)29-15-5-4-6-16(13-15)30-21(22,23)24/h2-8,13-14H,9-12H2,1H3. The van der Waals surface area contributed by atoms with E-state index in [2.05, 4.69) is 9.84 Å². The number of carbonyl (C=O) groups is 1. The van der Waals surface area contributed by atoms with Crippen molar-refractivity contribution in [3.8, 4) is 11.5 Å². The Morgan fingerprint density at radius 1 is 1.07 bits per heavy atom. The fourth-order valence-electron chi connectivity index (χ4n) is 3.66. The molecule has 0 saturated carbocycles. The van der Waals surface area contributed by atoms with Gasteiger partial charge in [0, 0.05) is 44.4 Å². The Labute approximate surface area is 170 Å². The minimum absolute atomic E-state index is 0.0924. The van der Waals surface area contributed by atoms with Crippen molar-refractivity contribution in [2.24, 2.45) is 7.05 Å². The average Bonchev–Trinajstić information content (AvgIpc) is 3.02. The highest BCUT2D eigenvalue weighted by atomic mass is 19.4.